The Kier molecular flexibility index (Phi) is 9.34. The molecule has 0 saturated carbocycles. The number of nitrogens with one attached hydrogen (secondary N) is 1. The molecule has 8 heteroatoms. The molecule has 1 fully saturated rings. The van der Waals surface area contributed by atoms with Crippen LogP contribution in [0.1, 0.15) is 33.6 Å². The number of aromatic carboxylic acids is 1. The fourth-order valence-electron chi connectivity index (χ4n) is 4.20. The molecule has 4 rings (SSSR count). The first-order chi connectivity index (χ1) is 16.4. The fourth-order valence-corrected chi connectivity index (χ4v) is 4.20. The van der Waals surface area contributed by atoms with Crippen LogP contribution in [0.15, 0.2) is 66.7 Å². The summed E-state index contributed by atoms with van der Waals surface area (Å²) in [5, 5.41) is 24.7. The number of benzene rings is 3. The number of aromatic hydroxyl groups is 1. The maximum atomic E-state index is 13.1. The predicted octanol–water partition coefficient (Wildman–Crippen LogP) is 0.211. The Labute approximate surface area is 227 Å². The zero-order valence-electron chi connectivity index (χ0n) is 20.2. The number of phenolic OH excluding ortho intramolecular Hbond substituents is 1. The van der Waals surface area contributed by atoms with E-state index in [9.17, 15) is 19.8 Å². The van der Waals surface area contributed by atoms with Crippen LogP contribution in [0.5, 0.6) is 5.75 Å². The van der Waals surface area contributed by atoms with Crippen LogP contribution in [0.3, 0.4) is 0 Å². The molecular formula is C27H28N3NaO4. The molecule has 0 unspecified atom stereocenters. The third-order valence-corrected chi connectivity index (χ3v) is 6.21. The van der Waals surface area contributed by atoms with Crippen molar-refractivity contribution in [3.05, 3.63) is 77.9 Å². The molecule has 1 aliphatic rings. The Balaban J connectivity index is 0.00000342. The minimum absolute atomic E-state index is 0. The molecular weight excluding hydrogens is 453 g/mol. The van der Waals surface area contributed by atoms with Crippen molar-refractivity contribution in [1.82, 2.24) is 4.90 Å². The molecule has 0 bridgehead atoms. The van der Waals surface area contributed by atoms with Gasteiger partial charge in [-0.2, -0.15) is 0 Å². The molecule has 1 amide bonds. The number of likely N-dealkylation sites (tertiary alicyclic amines) is 1. The van der Waals surface area contributed by atoms with Gasteiger partial charge < -0.3 is 30.1 Å². The summed E-state index contributed by atoms with van der Waals surface area (Å²) in [6.07, 6.45) is 2.46. The molecule has 3 aromatic carbocycles. The third-order valence-electron chi connectivity index (χ3n) is 6.21. The van der Waals surface area contributed by atoms with E-state index in [4.69, 9.17) is 0 Å². The van der Waals surface area contributed by atoms with Crippen LogP contribution >= 0.6 is 0 Å². The molecule has 1 saturated heterocycles. The maximum absolute atomic E-state index is 13.1. The predicted molar refractivity (Wildman–Crippen MR) is 131 cm³/mol. The quantitative estimate of drug-likeness (QED) is 0.447. The fraction of sp³-hybridized carbons (Fsp3) is 0.259. The number of carboxylic acid groups (broad SMARTS) is 1. The van der Waals surface area contributed by atoms with Crippen LogP contribution < -0.4 is 44.9 Å². The molecule has 0 aliphatic carbocycles. The average molecular weight is 482 g/mol. The van der Waals surface area contributed by atoms with E-state index in [1.165, 1.54) is 25.0 Å². The first-order valence-electron chi connectivity index (χ1n) is 11.4. The van der Waals surface area contributed by atoms with E-state index in [0.29, 0.717) is 0 Å². The van der Waals surface area contributed by atoms with Gasteiger partial charge in [-0.3, -0.25) is 4.79 Å². The summed E-state index contributed by atoms with van der Waals surface area (Å²) in [4.78, 5) is 29.2. The van der Waals surface area contributed by atoms with Crippen molar-refractivity contribution in [2.45, 2.75) is 12.8 Å². The maximum Gasteiger partial charge on any atom is 1.00 e. The SMILES string of the molecule is CN(CCN1CCCC1)c1ccc(O)c(C(=O)Nc2cc(-c3ccccc3)ccc2C(=O)[O-])c1.[Na+]. The molecule has 0 aromatic heterocycles. The third kappa shape index (κ3) is 6.64. The normalized spacial score (nSPS) is 13.2. The standard InChI is InChI=1S/C27H29N3O4.Na/c1-29(15-16-30-13-5-6-14-30)21-10-12-25(31)23(18-21)26(32)28-24-17-20(9-11-22(24)27(33)34)19-7-3-2-4-8-19;/h2-4,7-12,17-18,31H,5-6,13-16H2,1H3,(H,28,32)(H,33,34);/q;+1/p-1. The van der Waals surface area contributed by atoms with Crippen molar-refractivity contribution in [1.29, 1.82) is 0 Å². The topological polar surface area (TPSA) is 95.9 Å². The van der Waals surface area contributed by atoms with E-state index < -0.39 is 11.9 Å². The Morgan fingerprint density at radius 3 is 2.37 bits per heavy atom. The van der Waals surface area contributed by atoms with E-state index in [2.05, 4.69) is 10.2 Å². The number of hydrogen-bond acceptors (Lipinski definition) is 6. The van der Waals surface area contributed by atoms with Gasteiger partial charge in [-0.1, -0.05) is 42.5 Å². The van der Waals surface area contributed by atoms with Gasteiger partial charge in [0, 0.05) is 31.4 Å². The summed E-state index contributed by atoms with van der Waals surface area (Å²) in [6, 6.07) is 19.0. The number of carbonyl (C=O) groups excluding carboxylic acids is 2. The molecule has 2 N–H and O–H groups in total. The van der Waals surface area contributed by atoms with Crippen LogP contribution in [0.25, 0.3) is 11.1 Å². The number of carbonyl (C=O) groups is 2. The van der Waals surface area contributed by atoms with Crippen molar-refractivity contribution in [3.8, 4) is 16.9 Å². The van der Waals surface area contributed by atoms with Crippen molar-refractivity contribution in [2.75, 3.05) is 43.4 Å². The van der Waals surface area contributed by atoms with Gasteiger partial charge in [0.15, 0.2) is 0 Å². The summed E-state index contributed by atoms with van der Waals surface area (Å²) in [7, 11) is 1.95. The van der Waals surface area contributed by atoms with Gasteiger partial charge >= 0.3 is 29.6 Å². The minimum atomic E-state index is -1.39. The molecule has 1 heterocycles. The Morgan fingerprint density at radius 1 is 0.971 bits per heavy atom. The van der Waals surface area contributed by atoms with Crippen LogP contribution in [-0.4, -0.2) is 55.1 Å². The van der Waals surface area contributed by atoms with Gasteiger partial charge in [0.1, 0.15) is 5.75 Å². The van der Waals surface area contributed by atoms with E-state index >= 15 is 0 Å². The van der Waals surface area contributed by atoms with Gasteiger partial charge in [0.2, 0.25) is 0 Å². The molecule has 3 aromatic rings. The first kappa shape index (κ1) is 26.8. The van der Waals surface area contributed by atoms with Crippen molar-refractivity contribution in [3.63, 3.8) is 0 Å². The van der Waals surface area contributed by atoms with Gasteiger partial charge in [-0.25, -0.2) is 0 Å². The van der Waals surface area contributed by atoms with Crippen LogP contribution in [0.2, 0.25) is 0 Å². The number of carboxylic acids is 1. The number of likely N-dealkylation sites (N-methyl/N-ethyl adjacent to an activating group) is 1. The van der Waals surface area contributed by atoms with E-state index in [0.717, 1.165) is 43.0 Å². The summed E-state index contributed by atoms with van der Waals surface area (Å²) < 4.78 is 0. The van der Waals surface area contributed by atoms with Crippen molar-refractivity contribution >= 4 is 23.3 Å². The van der Waals surface area contributed by atoms with E-state index in [1.807, 2.05) is 42.3 Å². The number of rotatable bonds is 8. The monoisotopic (exact) mass is 481 g/mol. The van der Waals surface area contributed by atoms with E-state index in [-0.39, 0.29) is 52.1 Å². The van der Waals surface area contributed by atoms with Crippen molar-refractivity contribution in [2.24, 2.45) is 0 Å². The zero-order valence-corrected chi connectivity index (χ0v) is 22.2. The van der Waals surface area contributed by atoms with Gasteiger partial charge in [-0.15, -0.1) is 0 Å². The molecule has 7 nitrogen and oxygen atoms in total. The van der Waals surface area contributed by atoms with Crippen LogP contribution in [0, 0.1) is 0 Å². The molecule has 176 valence electrons. The number of anilines is 2. The second-order valence-electron chi connectivity index (χ2n) is 8.54. The smallest absolute Gasteiger partial charge is 0.545 e. The average Bonchev–Trinajstić information content (AvgIpc) is 3.37. The second-order valence-corrected chi connectivity index (χ2v) is 8.54. The van der Waals surface area contributed by atoms with Gasteiger partial charge in [0.05, 0.1) is 17.2 Å². The number of phenols is 1. The van der Waals surface area contributed by atoms with E-state index in [1.54, 1.807) is 24.3 Å². The first-order valence-corrected chi connectivity index (χ1v) is 11.4. The Morgan fingerprint density at radius 2 is 1.69 bits per heavy atom. The molecule has 0 atom stereocenters. The Bertz CT molecular complexity index is 1180. The number of amides is 1. The van der Waals surface area contributed by atoms with Gasteiger partial charge in [0.25, 0.3) is 5.91 Å². The minimum Gasteiger partial charge on any atom is -0.545 e. The van der Waals surface area contributed by atoms with Gasteiger partial charge in [-0.05, 0) is 61.3 Å². The summed E-state index contributed by atoms with van der Waals surface area (Å²) in [5.74, 6) is -2.17. The molecule has 0 radical (unpaired) electrons. The Hall–Kier alpha value is -2.84. The molecule has 0 spiro atoms. The van der Waals surface area contributed by atoms with Crippen LogP contribution in [-0.2, 0) is 0 Å². The largest absolute Gasteiger partial charge is 1.00 e. The zero-order chi connectivity index (χ0) is 24.1. The summed E-state index contributed by atoms with van der Waals surface area (Å²) >= 11 is 0. The number of hydrogen-bond donors (Lipinski definition) is 2. The van der Waals surface area contributed by atoms with Crippen molar-refractivity contribution < 1.29 is 49.4 Å². The summed E-state index contributed by atoms with van der Waals surface area (Å²) in [6.45, 7) is 3.94. The van der Waals surface area contributed by atoms with Crippen LogP contribution in [0.4, 0.5) is 11.4 Å². The summed E-state index contributed by atoms with van der Waals surface area (Å²) in [5.41, 5.74) is 2.47. The molecule has 1 aliphatic heterocycles. The molecule has 35 heavy (non-hydrogen) atoms. The second kappa shape index (κ2) is 12.2. The number of nitrogens with zero attached hydrogens (tertiary/aromatic N) is 2.